The van der Waals surface area contributed by atoms with Gasteiger partial charge in [-0.25, -0.2) is 8.78 Å². The van der Waals surface area contributed by atoms with Crippen LogP contribution in [0.15, 0.2) is 0 Å². The van der Waals surface area contributed by atoms with Crippen molar-refractivity contribution in [3.05, 3.63) is 0 Å². The number of carboxylic acid groups (broad SMARTS) is 1. The molecule has 1 aliphatic heterocycles. The molecule has 1 fully saturated rings. The lowest BCUT2D eigenvalue weighted by Crippen LogP contribution is -2.36. The van der Waals surface area contributed by atoms with Gasteiger partial charge in [0.25, 0.3) is 5.92 Å². The summed E-state index contributed by atoms with van der Waals surface area (Å²) in [5.74, 6) is -4.03. The zero-order chi connectivity index (χ0) is 10.1. The highest BCUT2D eigenvalue weighted by Gasteiger charge is 2.44. The molecule has 0 aromatic rings. The van der Waals surface area contributed by atoms with E-state index in [0.717, 1.165) is 4.90 Å². The highest BCUT2D eigenvalue weighted by atomic mass is 19.3. The third kappa shape index (κ3) is 2.60. The number of carbonyl (C=O) groups is 1. The smallest absolute Gasteiger partial charge is 0.317 e. The Morgan fingerprint density at radius 3 is 2.69 bits per heavy atom. The number of likely N-dealkylation sites (tertiary alicyclic amines) is 1. The van der Waals surface area contributed by atoms with Crippen molar-refractivity contribution < 1.29 is 23.8 Å². The number of nitrogens with zero attached hydrogens (tertiary/aromatic N) is 1. The van der Waals surface area contributed by atoms with Gasteiger partial charge in [-0.3, -0.25) is 9.69 Å². The molecule has 6 heteroatoms. The number of hydrogen-bond donors (Lipinski definition) is 2. The second kappa shape index (κ2) is 3.55. The summed E-state index contributed by atoms with van der Waals surface area (Å²) in [5, 5.41) is 17.1. The zero-order valence-electron chi connectivity index (χ0n) is 6.91. The van der Waals surface area contributed by atoms with Crippen molar-refractivity contribution in [2.24, 2.45) is 0 Å². The minimum Gasteiger partial charge on any atom is -0.480 e. The van der Waals surface area contributed by atoms with Gasteiger partial charge in [0, 0.05) is 12.5 Å². The average molecular weight is 195 g/mol. The highest BCUT2D eigenvalue weighted by Crippen LogP contribution is 2.31. The monoisotopic (exact) mass is 195 g/mol. The summed E-state index contributed by atoms with van der Waals surface area (Å²) in [6, 6.07) is -0.730. The molecule has 0 unspecified atom stereocenters. The molecular weight excluding hydrogens is 184 g/mol. The van der Waals surface area contributed by atoms with Crippen LogP contribution in [0.4, 0.5) is 8.78 Å². The molecule has 0 aromatic heterocycles. The van der Waals surface area contributed by atoms with Crippen LogP contribution in [0.5, 0.6) is 0 Å². The van der Waals surface area contributed by atoms with Crippen LogP contribution in [0.3, 0.4) is 0 Å². The second-order valence-electron chi connectivity index (χ2n) is 3.20. The molecule has 1 aliphatic rings. The predicted molar refractivity (Wildman–Crippen MR) is 39.6 cm³/mol. The van der Waals surface area contributed by atoms with Gasteiger partial charge in [-0.1, -0.05) is 0 Å². The standard InChI is InChI=1S/C7H11F2NO3/c8-7(9)1-5(3-11)10(4-7)2-6(12)13/h5,11H,1-4H2,(H,12,13)/t5-/m0/s1. The SMILES string of the molecule is O=C(O)CN1CC(F)(F)C[C@H]1CO. The quantitative estimate of drug-likeness (QED) is 0.653. The van der Waals surface area contributed by atoms with Crippen LogP contribution < -0.4 is 0 Å². The second-order valence-corrected chi connectivity index (χ2v) is 3.20. The van der Waals surface area contributed by atoms with E-state index in [1.165, 1.54) is 0 Å². The van der Waals surface area contributed by atoms with Crippen molar-refractivity contribution in [1.82, 2.24) is 4.90 Å². The Hall–Kier alpha value is -0.750. The summed E-state index contributed by atoms with van der Waals surface area (Å²) in [6.07, 6.45) is -0.462. The molecule has 0 saturated carbocycles. The van der Waals surface area contributed by atoms with Gasteiger partial charge in [-0.15, -0.1) is 0 Å². The molecule has 76 valence electrons. The lowest BCUT2D eigenvalue weighted by molar-refractivity contribution is -0.138. The first kappa shape index (κ1) is 10.3. The third-order valence-electron chi connectivity index (χ3n) is 2.03. The Morgan fingerprint density at radius 1 is 1.62 bits per heavy atom. The van der Waals surface area contributed by atoms with Gasteiger partial charge in [0.2, 0.25) is 0 Å². The van der Waals surface area contributed by atoms with Crippen molar-refractivity contribution >= 4 is 5.97 Å². The maximum atomic E-state index is 12.7. The molecule has 0 amide bonds. The van der Waals surface area contributed by atoms with E-state index in [1.807, 2.05) is 0 Å². The van der Waals surface area contributed by atoms with Crippen LogP contribution in [-0.2, 0) is 4.79 Å². The van der Waals surface area contributed by atoms with Crippen LogP contribution in [0.1, 0.15) is 6.42 Å². The maximum absolute atomic E-state index is 12.7. The Bertz CT molecular complexity index is 210. The number of rotatable bonds is 3. The summed E-state index contributed by atoms with van der Waals surface area (Å²) in [6.45, 7) is -1.45. The molecule has 1 atom stereocenters. The van der Waals surface area contributed by atoms with E-state index >= 15 is 0 Å². The van der Waals surface area contributed by atoms with Crippen molar-refractivity contribution in [2.45, 2.75) is 18.4 Å². The van der Waals surface area contributed by atoms with Gasteiger partial charge in [0.15, 0.2) is 0 Å². The number of aliphatic carboxylic acids is 1. The Morgan fingerprint density at radius 2 is 2.23 bits per heavy atom. The van der Waals surface area contributed by atoms with Crippen LogP contribution in [-0.4, -0.2) is 52.7 Å². The van der Waals surface area contributed by atoms with Crippen molar-refractivity contribution in [1.29, 1.82) is 0 Å². The number of aliphatic hydroxyl groups is 1. The van der Waals surface area contributed by atoms with E-state index in [1.54, 1.807) is 0 Å². The minimum absolute atomic E-state index is 0.428. The van der Waals surface area contributed by atoms with Gasteiger partial charge >= 0.3 is 5.97 Å². The number of alkyl halides is 2. The minimum atomic E-state index is -2.87. The molecule has 0 radical (unpaired) electrons. The normalized spacial score (nSPS) is 27.8. The van der Waals surface area contributed by atoms with Gasteiger partial charge < -0.3 is 10.2 Å². The molecule has 1 heterocycles. The summed E-state index contributed by atoms with van der Waals surface area (Å²) >= 11 is 0. The van der Waals surface area contributed by atoms with E-state index in [4.69, 9.17) is 10.2 Å². The Kier molecular flexibility index (Phi) is 2.82. The number of hydrogen-bond acceptors (Lipinski definition) is 3. The van der Waals surface area contributed by atoms with Crippen molar-refractivity contribution in [3.63, 3.8) is 0 Å². The largest absolute Gasteiger partial charge is 0.480 e. The molecule has 0 aliphatic carbocycles. The summed E-state index contributed by atoms with van der Waals surface area (Å²) in [4.78, 5) is 11.3. The van der Waals surface area contributed by atoms with E-state index in [9.17, 15) is 13.6 Å². The lowest BCUT2D eigenvalue weighted by Gasteiger charge is -2.18. The zero-order valence-corrected chi connectivity index (χ0v) is 6.91. The molecular formula is C7H11F2NO3. The Labute approximate surface area is 73.8 Å². The first-order valence-corrected chi connectivity index (χ1v) is 3.89. The fourth-order valence-corrected chi connectivity index (χ4v) is 1.50. The molecule has 1 saturated heterocycles. The van der Waals surface area contributed by atoms with Gasteiger partial charge in [0.1, 0.15) is 0 Å². The summed E-state index contributed by atoms with van der Waals surface area (Å²) in [7, 11) is 0. The van der Waals surface area contributed by atoms with E-state index in [0.29, 0.717) is 0 Å². The first-order valence-electron chi connectivity index (χ1n) is 3.89. The molecule has 0 spiro atoms. The van der Waals surface area contributed by atoms with Crippen LogP contribution in [0.2, 0.25) is 0 Å². The van der Waals surface area contributed by atoms with Gasteiger partial charge in [0.05, 0.1) is 19.7 Å². The summed E-state index contributed by atoms with van der Waals surface area (Å²) < 4.78 is 25.5. The van der Waals surface area contributed by atoms with E-state index in [2.05, 4.69) is 0 Å². The molecule has 4 nitrogen and oxygen atoms in total. The number of carboxylic acids is 1. The maximum Gasteiger partial charge on any atom is 0.317 e. The fourth-order valence-electron chi connectivity index (χ4n) is 1.50. The number of aliphatic hydroxyl groups excluding tert-OH is 1. The molecule has 0 aromatic carbocycles. The molecule has 0 bridgehead atoms. The molecule has 1 rings (SSSR count). The number of halogens is 2. The summed E-state index contributed by atoms with van der Waals surface area (Å²) in [5.41, 5.74) is 0. The average Bonchev–Trinajstić information content (AvgIpc) is 2.24. The Balaban J connectivity index is 2.58. The van der Waals surface area contributed by atoms with E-state index in [-0.39, 0.29) is 0 Å². The van der Waals surface area contributed by atoms with E-state index < -0.39 is 44.1 Å². The molecule has 13 heavy (non-hydrogen) atoms. The fraction of sp³-hybridized carbons (Fsp3) is 0.857. The first-order chi connectivity index (χ1) is 5.94. The molecule has 2 N–H and O–H groups in total. The van der Waals surface area contributed by atoms with Crippen LogP contribution in [0, 0.1) is 0 Å². The highest BCUT2D eigenvalue weighted by molar-refractivity contribution is 5.69. The predicted octanol–water partition coefficient (Wildman–Crippen LogP) is -0.227. The van der Waals surface area contributed by atoms with Crippen molar-refractivity contribution in [3.8, 4) is 0 Å². The van der Waals surface area contributed by atoms with Crippen molar-refractivity contribution in [2.75, 3.05) is 19.7 Å². The third-order valence-corrected chi connectivity index (χ3v) is 2.03. The van der Waals surface area contributed by atoms with Crippen LogP contribution in [0.25, 0.3) is 0 Å². The lowest BCUT2D eigenvalue weighted by atomic mass is 10.2. The van der Waals surface area contributed by atoms with Crippen LogP contribution >= 0.6 is 0 Å². The van der Waals surface area contributed by atoms with Gasteiger partial charge in [-0.05, 0) is 0 Å². The van der Waals surface area contributed by atoms with Gasteiger partial charge in [-0.2, -0.15) is 0 Å². The topological polar surface area (TPSA) is 60.8 Å².